The van der Waals surface area contributed by atoms with Crippen LogP contribution < -0.4 is 15.7 Å². The van der Waals surface area contributed by atoms with Gasteiger partial charge in [-0.25, -0.2) is 9.48 Å². The molecule has 2 aromatic heterocycles. The fourth-order valence-electron chi connectivity index (χ4n) is 2.95. The first-order chi connectivity index (χ1) is 15.5. The Labute approximate surface area is 193 Å². The fourth-order valence-corrected chi connectivity index (χ4v) is 3.88. The highest BCUT2D eigenvalue weighted by atomic mass is 35.5. The smallest absolute Gasteiger partial charge is 0.367 e. The summed E-state index contributed by atoms with van der Waals surface area (Å²) in [6.07, 6.45) is 0. The molecule has 10 heteroatoms. The first-order valence-electron chi connectivity index (χ1n) is 9.88. The quantitative estimate of drug-likeness (QED) is 0.394. The van der Waals surface area contributed by atoms with Gasteiger partial charge in [-0.1, -0.05) is 35.5 Å². The van der Waals surface area contributed by atoms with Crippen molar-refractivity contribution in [3.63, 3.8) is 0 Å². The van der Waals surface area contributed by atoms with Crippen LogP contribution in [0.25, 0.3) is 5.65 Å². The minimum Gasteiger partial charge on any atom is -0.494 e. The van der Waals surface area contributed by atoms with Crippen LogP contribution in [0.4, 0.5) is 5.69 Å². The zero-order chi connectivity index (χ0) is 22.5. The third-order valence-corrected chi connectivity index (χ3v) is 5.70. The summed E-state index contributed by atoms with van der Waals surface area (Å²) in [5, 5.41) is 12.7. The van der Waals surface area contributed by atoms with Gasteiger partial charge in [-0.2, -0.15) is 9.61 Å². The molecule has 0 aliphatic rings. The molecule has 0 saturated carbocycles. The van der Waals surface area contributed by atoms with Crippen molar-refractivity contribution in [2.24, 2.45) is 0 Å². The van der Waals surface area contributed by atoms with E-state index in [2.05, 4.69) is 15.5 Å². The highest BCUT2D eigenvalue weighted by Crippen LogP contribution is 2.21. The number of thioether (sulfide) groups is 1. The maximum absolute atomic E-state index is 12.7. The van der Waals surface area contributed by atoms with Crippen molar-refractivity contribution in [3.05, 3.63) is 81.7 Å². The largest absolute Gasteiger partial charge is 0.494 e. The summed E-state index contributed by atoms with van der Waals surface area (Å²) in [5.74, 6) is 1.04. The summed E-state index contributed by atoms with van der Waals surface area (Å²) in [6.45, 7) is 2.25. The third-order valence-electron chi connectivity index (χ3n) is 4.46. The van der Waals surface area contributed by atoms with Crippen LogP contribution >= 0.6 is 23.4 Å². The maximum Gasteiger partial charge on any atom is 0.367 e. The molecule has 0 spiro atoms. The number of halogens is 1. The monoisotopic (exact) mass is 469 g/mol. The van der Waals surface area contributed by atoms with Crippen molar-refractivity contribution in [1.82, 2.24) is 19.4 Å². The number of carbonyl (C=O) groups is 1. The molecule has 0 unspecified atom stereocenters. The number of hydrogen-bond acceptors (Lipinski definition) is 6. The Hall–Kier alpha value is -3.30. The van der Waals surface area contributed by atoms with Gasteiger partial charge in [-0.15, -0.1) is 5.10 Å². The Kier molecular flexibility index (Phi) is 6.77. The van der Waals surface area contributed by atoms with Gasteiger partial charge in [0.2, 0.25) is 5.91 Å². The van der Waals surface area contributed by atoms with Gasteiger partial charge in [0.05, 0.1) is 6.61 Å². The van der Waals surface area contributed by atoms with Gasteiger partial charge in [-0.05, 0) is 61.0 Å². The molecule has 4 rings (SSSR count). The molecular weight excluding hydrogens is 450 g/mol. The average Bonchev–Trinajstić information content (AvgIpc) is 3.09. The number of benzene rings is 2. The summed E-state index contributed by atoms with van der Waals surface area (Å²) in [6, 6.07) is 18.1. The maximum atomic E-state index is 12.7. The number of fused-ring (bicyclic) bond motifs is 1. The molecule has 1 amide bonds. The Morgan fingerprint density at radius 3 is 2.53 bits per heavy atom. The van der Waals surface area contributed by atoms with Crippen LogP contribution in [-0.4, -0.2) is 31.9 Å². The van der Waals surface area contributed by atoms with E-state index in [1.165, 1.54) is 16.3 Å². The summed E-state index contributed by atoms with van der Waals surface area (Å²) >= 11 is 7.40. The van der Waals surface area contributed by atoms with E-state index >= 15 is 0 Å². The number of amides is 1. The Morgan fingerprint density at radius 1 is 1.06 bits per heavy atom. The van der Waals surface area contributed by atoms with E-state index in [-0.39, 0.29) is 12.5 Å². The number of nitrogens with zero attached hydrogens (tertiary/aromatic N) is 4. The lowest BCUT2D eigenvalue weighted by Gasteiger charge is -2.06. The van der Waals surface area contributed by atoms with Gasteiger partial charge in [0.25, 0.3) is 0 Å². The van der Waals surface area contributed by atoms with Gasteiger partial charge in [0, 0.05) is 16.5 Å². The van der Waals surface area contributed by atoms with Crippen molar-refractivity contribution in [1.29, 1.82) is 0 Å². The SMILES string of the molecule is CCOc1ccc(NC(=O)Cn2nc3ccc(SCc4ccc(Cl)cc4)nn3c2=O)cc1. The molecule has 32 heavy (non-hydrogen) atoms. The van der Waals surface area contributed by atoms with Gasteiger partial charge in [-0.3, -0.25) is 4.79 Å². The van der Waals surface area contributed by atoms with Crippen LogP contribution in [0.2, 0.25) is 5.02 Å². The van der Waals surface area contributed by atoms with E-state index in [1.54, 1.807) is 36.4 Å². The van der Waals surface area contributed by atoms with Gasteiger partial charge in [0.15, 0.2) is 5.65 Å². The van der Waals surface area contributed by atoms with Crippen molar-refractivity contribution in [2.45, 2.75) is 24.2 Å². The molecule has 4 aromatic rings. The molecule has 0 bridgehead atoms. The van der Waals surface area contributed by atoms with Gasteiger partial charge >= 0.3 is 5.69 Å². The molecule has 164 valence electrons. The topological polar surface area (TPSA) is 90.5 Å². The highest BCUT2D eigenvalue weighted by molar-refractivity contribution is 7.98. The first kappa shape index (κ1) is 21.9. The van der Waals surface area contributed by atoms with Crippen molar-refractivity contribution in [3.8, 4) is 5.75 Å². The van der Waals surface area contributed by atoms with Crippen LogP contribution in [0, 0.1) is 0 Å². The predicted molar refractivity (Wildman–Crippen MR) is 125 cm³/mol. The van der Waals surface area contributed by atoms with E-state index < -0.39 is 5.69 Å². The minimum atomic E-state index is -0.476. The van der Waals surface area contributed by atoms with Gasteiger partial charge in [0.1, 0.15) is 17.3 Å². The molecular formula is C22H20ClN5O3S. The number of nitrogens with one attached hydrogen (secondary N) is 1. The summed E-state index contributed by atoms with van der Waals surface area (Å²) in [5.41, 5.74) is 1.60. The number of aromatic nitrogens is 4. The second-order valence-electron chi connectivity index (χ2n) is 6.80. The number of anilines is 1. The summed E-state index contributed by atoms with van der Waals surface area (Å²) < 4.78 is 7.68. The van der Waals surface area contributed by atoms with Crippen LogP contribution in [0.1, 0.15) is 12.5 Å². The van der Waals surface area contributed by atoms with Crippen LogP contribution in [-0.2, 0) is 17.1 Å². The molecule has 1 N–H and O–H groups in total. The molecule has 0 aliphatic carbocycles. The highest BCUT2D eigenvalue weighted by Gasteiger charge is 2.13. The second kappa shape index (κ2) is 9.88. The van der Waals surface area contributed by atoms with Crippen LogP contribution in [0.5, 0.6) is 5.75 Å². The van der Waals surface area contributed by atoms with Crippen molar-refractivity contribution in [2.75, 3.05) is 11.9 Å². The third kappa shape index (κ3) is 5.30. The lowest BCUT2D eigenvalue weighted by atomic mass is 10.2. The Morgan fingerprint density at radius 2 is 1.81 bits per heavy atom. The lowest BCUT2D eigenvalue weighted by Crippen LogP contribution is -2.28. The van der Waals surface area contributed by atoms with E-state index in [1.807, 2.05) is 31.2 Å². The van der Waals surface area contributed by atoms with Crippen LogP contribution in [0.15, 0.2) is 70.5 Å². The molecule has 0 fully saturated rings. The lowest BCUT2D eigenvalue weighted by molar-refractivity contribution is -0.117. The van der Waals surface area contributed by atoms with E-state index in [0.717, 1.165) is 16.0 Å². The van der Waals surface area contributed by atoms with E-state index in [9.17, 15) is 9.59 Å². The number of carbonyl (C=O) groups excluding carboxylic acids is 1. The standard InChI is InChI=1S/C22H20ClN5O3S/c1-2-31-18-9-7-17(8-10-18)24-20(29)13-27-22(30)28-19(25-27)11-12-21(26-28)32-14-15-3-5-16(23)6-4-15/h3-12H,2,13-14H2,1H3,(H,24,29). The van der Waals surface area contributed by atoms with Gasteiger partial charge < -0.3 is 10.1 Å². The second-order valence-corrected chi connectivity index (χ2v) is 8.23. The van der Waals surface area contributed by atoms with E-state index in [0.29, 0.717) is 33.7 Å². The van der Waals surface area contributed by atoms with Crippen LogP contribution in [0.3, 0.4) is 0 Å². The molecule has 0 aliphatic heterocycles. The van der Waals surface area contributed by atoms with Crippen molar-refractivity contribution >= 4 is 40.6 Å². The molecule has 8 nitrogen and oxygen atoms in total. The number of rotatable bonds is 8. The average molecular weight is 470 g/mol. The zero-order valence-corrected chi connectivity index (χ0v) is 18.8. The number of ether oxygens (including phenoxy) is 1. The molecule has 0 saturated heterocycles. The minimum absolute atomic E-state index is 0.220. The van der Waals surface area contributed by atoms with E-state index in [4.69, 9.17) is 16.3 Å². The Balaban J connectivity index is 1.42. The Bertz CT molecular complexity index is 1290. The number of hydrogen-bond donors (Lipinski definition) is 1. The molecule has 0 radical (unpaired) electrons. The molecule has 2 heterocycles. The predicted octanol–water partition coefficient (Wildman–Crippen LogP) is 3.87. The normalized spacial score (nSPS) is 10.9. The first-order valence-corrected chi connectivity index (χ1v) is 11.2. The molecule has 2 aromatic carbocycles. The summed E-state index contributed by atoms with van der Waals surface area (Å²) in [4.78, 5) is 25.1. The molecule has 0 atom stereocenters. The van der Waals surface area contributed by atoms with Crippen molar-refractivity contribution < 1.29 is 9.53 Å². The zero-order valence-electron chi connectivity index (χ0n) is 17.2. The summed E-state index contributed by atoms with van der Waals surface area (Å²) in [7, 11) is 0. The fraction of sp³-hybridized carbons (Fsp3) is 0.182.